The van der Waals surface area contributed by atoms with Crippen LogP contribution in [0.2, 0.25) is 0 Å². The summed E-state index contributed by atoms with van der Waals surface area (Å²) in [6.45, 7) is 2.51. The third-order valence-corrected chi connectivity index (χ3v) is 1.60. The lowest BCUT2D eigenvalue weighted by atomic mass is 10.4. The van der Waals surface area contributed by atoms with E-state index < -0.39 is 12.6 Å². The third-order valence-electron chi connectivity index (χ3n) is 1.60. The highest BCUT2D eigenvalue weighted by atomic mass is 16.6. The van der Waals surface area contributed by atoms with Crippen LogP contribution in [0.25, 0.3) is 0 Å². The number of nitrogens with zero attached hydrogens (tertiary/aromatic N) is 2. The van der Waals surface area contributed by atoms with Crippen molar-refractivity contribution in [1.82, 2.24) is 4.57 Å². The van der Waals surface area contributed by atoms with Crippen LogP contribution in [0.5, 0.6) is 0 Å². The van der Waals surface area contributed by atoms with E-state index in [-0.39, 0.29) is 0 Å². The molecule has 0 aliphatic heterocycles. The second-order valence-corrected chi connectivity index (χ2v) is 2.68. The first-order chi connectivity index (χ1) is 6.72. The number of aromatic nitrogens is 1. The number of hydrogen-bond donors (Lipinski definition) is 1. The summed E-state index contributed by atoms with van der Waals surface area (Å²) in [5.41, 5.74) is 0.886. The summed E-state index contributed by atoms with van der Waals surface area (Å²) >= 11 is 0. The molecular weight excluding hydrogens is 184 g/mol. The predicted octanol–water partition coefficient (Wildman–Crippen LogP) is 0.943. The molecule has 76 valence electrons. The van der Waals surface area contributed by atoms with Crippen LogP contribution in [0.4, 0.5) is 0 Å². The van der Waals surface area contributed by atoms with Crippen molar-refractivity contribution in [1.29, 1.82) is 0 Å². The van der Waals surface area contributed by atoms with Gasteiger partial charge in [-0.2, -0.15) is 0 Å². The van der Waals surface area contributed by atoms with Crippen LogP contribution in [-0.2, 0) is 16.2 Å². The minimum Gasteiger partial charge on any atom is -0.479 e. The van der Waals surface area contributed by atoms with E-state index >= 15 is 0 Å². The van der Waals surface area contributed by atoms with E-state index in [9.17, 15) is 4.79 Å². The molecule has 0 unspecified atom stereocenters. The lowest BCUT2D eigenvalue weighted by molar-refractivity contribution is -0.142. The van der Waals surface area contributed by atoms with Crippen molar-refractivity contribution in [2.24, 2.45) is 5.16 Å². The fourth-order valence-electron chi connectivity index (χ4n) is 0.923. The van der Waals surface area contributed by atoms with Gasteiger partial charge < -0.3 is 14.5 Å². The topological polar surface area (TPSA) is 63.8 Å². The van der Waals surface area contributed by atoms with Gasteiger partial charge in [0.15, 0.2) is 0 Å². The van der Waals surface area contributed by atoms with E-state index in [0.29, 0.717) is 0 Å². The van der Waals surface area contributed by atoms with E-state index in [4.69, 9.17) is 5.11 Å². The summed E-state index contributed by atoms with van der Waals surface area (Å²) < 4.78 is 1.98. The van der Waals surface area contributed by atoms with Crippen LogP contribution in [0.15, 0.2) is 23.6 Å². The normalized spacial score (nSPS) is 10.6. The Balaban J connectivity index is 2.39. The number of hydrogen-bond acceptors (Lipinski definition) is 3. The SMILES string of the molecule is CCn1ccc(C=NOCC(=O)O)c1. The number of aryl methyl sites for hydroxylation is 1. The summed E-state index contributed by atoms with van der Waals surface area (Å²) in [4.78, 5) is 14.6. The highest BCUT2D eigenvalue weighted by Crippen LogP contribution is 1.97. The highest BCUT2D eigenvalue weighted by molar-refractivity contribution is 5.78. The van der Waals surface area contributed by atoms with Gasteiger partial charge in [0.25, 0.3) is 0 Å². The molecule has 1 aromatic heterocycles. The highest BCUT2D eigenvalue weighted by Gasteiger charge is 1.94. The molecule has 0 saturated heterocycles. The van der Waals surface area contributed by atoms with Crippen LogP contribution < -0.4 is 0 Å². The molecule has 1 rings (SSSR count). The molecule has 0 fully saturated rings. The van der Waals surface area contributed by atoms with Crippen molar-refractivity contribution in [2.75, 3.05) is 6.61 Å². The van der Waals surface area contributed by atoms with Gasteiger partial charge in [-0.25, -0.2) is 4.79 Å². The molecule has 1 N–H and O–H groups in total. The first kappa shape index (κ1) is 10.3. The minimum atomic E-state index is -1.03. The molecule has 0 aliphatic rings. The number of carbonyl (C=O) groups is 1. The molecule has 14 heavy (non-hydrogen) atoms. The van der Waals surface area contributed by atoms with Crippen LogP contribution in [-0.4, -0.2) is 28.5 Å². The van der Waals surface area contributed by atoms with Gasteiger partial charge in [0.2, 0.25) is 6.61 Å². The van der Waals surface area contributed by atoms with Crippen LogP contribution in [0, 0.1) is 0 Å². The maximum atomic E-state index is 10.1. The van der Waals surface area contributed by atoms with Gasteiger partial charge in [0.05, 0.1) is 6.21 Å². The molecule has 0 bridgehead atoms. The van der Waals surface area contributed by atoms with E-state index in [1.165, 1.54) is 6.21 Å². The van der Waals surface area contributed by atoms with Crippen molar-refractivity contribution < 1.29 is 14.7 Å². The van der Waals surface area contributed by atoms with E-state index in [1.54, 1.807) is 0 Å². The van der Waals surface area contributed by atoms with Crippen molar-refractivity contribution in [2.45, 2.75) is 13.5 Å². The Morgan fingerprint density at radius 2 is 2.57 bits per heavy atom. The molecule has 0 aliphatic carbocycles. The van der Waals surface area contributed by atoms with Gasteiger partial charge in [-0.3, -0.25) is 0 Å². The van der Waals surface area contributed by atoms with Gasteiger partial charge >= 0.3 is 5.97 Å². The van der Waals surface area contributed by atoms with Gasteiger partial charge in [0.1, 0.15) is 0 Å². The smallest absolute Gasteiger partial charge is 0.344 e. The minimum absolute atomic E-state index is 0.412. The Labute approximate surface area is 81.6 Å². The predicted molar refractivity (Wildman–Crippen MR) is 51.3 cm³/mol. The molecule has 0 atom stereocenters. The monoisotopic (exact) mass is 196 g/mol. The average molecular weight is 196 g/mol. The van der Waals surface area contributed by atoms with Gasteiger partial charge in [-0.05, 0) is 13.0 Å². The first-order valence-corrected chi connectivity index (χ1v) is 4.25. The van der Waals surface area contributed by atoms with Gasteiger partial charge in [-0.1, -0.05) is 5.16 Å². The zero-order chi connectivity index (χ0) is 10.4. The van der Waals surface area contributed by atoms with E-state index in [2.05, 4.69) is 9.99 Å². The maximum absolute atomic E-state index is 10.1. The van der Waals surface area contributed by atoms with Gasteiger partial charge in [0, 0.05) is 24.5 Å². The van der Waals surface area contributed by atoms with Crippen LogP contribution in [0.3, 0.4) is 0 Å². The number of rotatable bonds is 5. The number of oxime groups is 1. The molecule has 0 radical (unpaired) electrons. The lowest BCUT2D eigenvalue weighted by Crippen LogP contribution is -2.03. The Kier molecular flexibility index (Phi) is 3.72. The maximum Gasteiger partial charge on any atom is 0.344 e. The van der Waals surface area contributed by atoms with Crippen molar-refractivity contribution in [3.63, 3.8) is 0 Å². The molecule has 0 amide bonds. The third kappa shape index (κ3) is 3.30. The molecular formula is C9H12N2O3. The van der Waals surface area contributed by atoms with E-state index in [1.807, 2.05) is 30.0 Å². The molecule has 0 aromatic carbocycles. The van der Waals surface area contributed by atoms with E-state index in [0.717, 1.165) is 12.1 Å². The second kappa shape index (κ2) is 5.06. The summed E-state index contributed by atoms with van der Waals surface area (Å²) in [6, 6.07) is 1.87. The quantitative estimate of drug-likeness (QED) is 0.563. The fourth-order valence-corrected chi connectivity index (χ4v) is 0.923. The molecule has 1 heterocycles. The van der Waals surface area contributed by atoms with Crippen molar-refractivity contribution in [3.8, 4) is 0 Å². The number of carboxylic acids is 1. The molecule has 0 spiro atoms. The van der Waals surface area contributed by atoms with Crippen molar-refractivity contribution >= 4 is 12.2 Å². The molecule has 0 saturated carbocycles. The van der Waals surface area contributed by atoms with Crippen molar-refractivity contribution in [3.05, 3.63) is 24.0 Å². The summed E-state index contributed by atoms with van der Waals surface area (Å²) in [5, 5.41) is 11.8. The second-order valence-electron chi connectivity index (χ2n) is 2.68. The van der Waals surface area contributed by atoms with Crippen LogP contribution >= 0.6 is 0 Å². The average Bonchev–Trinajstić information content (AvgIpc) is 2.60. The largest absolute Gasteiger partial charge is 0.479 e. The number of carboxylic acid groups (broad SMARTS) is 1. The lowest BCUT2D eigenvalue weighted by Gasteiger charge is -1.92. The Bertz CT molecular complexity index is 331. The Morgan fingerprint density at radius 1 is 1.79 bits per heavy atom. The molecule has 5 nitrogen and oxygen atoms in total. The molecule has 5 heteroatoms. The summed E-state index contributed by atoms with van der Waals surface area (Å²) in [7, 11) is 0. The molecule has 1 aromatic rings. The zero-order valence-corrected chi connectivity index (χ0v) is 7.88. The number of aliphatic carboxylic acids is 1. The fraction of sp³-hybridized carbons (Fsp3) is 0.333. The first-order valence-electron chi connectivity index (χ1n) is 4.25. The Hall–Kier alpha value is -1.78. The summed E-state index contributed by atoms with van der Waals surface area (Å²) in [6.07, 6.45) is 5.29. The van der Waals surface area contributed by atoms with Crippen LogP contribution in [0.1, 0.15) is 12.5 Å². The van der Waals surface area contributed by atoms with Gasteiger partial charge in [-0.15, -0.1) is 0 Å². The summed E-state index contributed by atoms with van der Waals surface area (Å²) in [5.74, 6) is -1.03. The zero-order valence-electron chi connectivity index (χ0n) is 7.88. The Morgan fingerprint density at radius 3 is 3.14 bits per heavy atom. The standard InChI is InChI=1S/C9H12N2O3/c1-2-11-4-3-8(6-11)5-10-14-7-9(12)13/h3-6H,2,7H2,1H3,(H,12,13).